The topological polar surface area (TPSA) is 32.3 Å². The molecule has 0 aromatic rings. The van der Waals surface area contributed by atoms with Gasteiger partial charge in [0.25, 0.3) is 0 Å². The first kappa shape index (κ1) is 9.43. The second-order valence-corrected chi connectivity index (χ2v) is 2.18. The van der Waals surface area contributed by atoms with Crippen LogP contribution in [-0.2, 0) is 4.79 Å². The Morgan fingerprint density at radius 2 is 2.10 bits per heavy atom. The van der Waals surface area contributed by atoms with Crippen LogP contribution in [-0.4, -0.2) is 24.0 Å². The third-order valence-electron chi connectivity index (χ3n) is 1.18. The van der Waals surface area contributed by atoms with Gasteiger partial charge in [-0.15, -0.1) is 0 Å². The minimum Gasteiger partial charge on any atom is -0.278 e. The van der Waals surface area contributed by atoms with Gasteiger partial charge in [0.2, 0.25) is 5.91 Å². The third kappa shape index (κ3) is 3.45. The summed E-state index contributed by atoms with van der Waals surface area (Å²) in [6.45, 7) is 7.19. The number of hydrogen-bond donors (Lipinski definition) is 1. The van der Waals surface area contributed by atoms with Gasteiger partial charge in [-0.05, 0) is 6.42 Å². The molecule has 0 aliphatic heterocycles. The highest BCUT2D eigenvalue weighted by atomic mass is 16.2. The molecule has 0 spiro atoms. The maximum absolute atomic E-state index is 10.8. The van der Waals surface area contributed by atoms with E-state index in [4.69, 9.17) is 0 Å². The summed E-state index contributed by atoms with van der Waals surface area (Å²) in [4.78, 5) is 10.8. The van der Waals surface area contributed by atoms with Crippen molar-refractivity contribution in [3.63, 3.8) is 0 Å². The van der Waals surface area contributed by atoms with Crippen molar-refractivity contribution in [1.82, 2.24) is 10.4 Å². The minimum absolute atomic E-state index is 0.0868. The van der Waals surface area contributed by atoms with Crippen LogP contribution in [0.5, 0.6) is 0 Å². The Morgan fingerprint density at radius 1 is 1.50 bits per heavy atom. The molecular weight excluding hydrogens is 128 g/mol. The van der Waals surface area contributed by atoms with Crippen LogP contribution in [0.1, 0.15) is 27.2 Å². The maximum atomic E-state index is 10.8. The van der Waals surface area contributed by atoms with Crippen LogP contribution in [0.3, 0.4) is 0 Å². The third-order valence-corrected chi connectivity index (χ3v) is 1.18. The number of nitrogens with one attached hydrogen (secondary N) is 1. The Kier molecular flexibility index (Phi) is 4.94. The second kappa shape index (κ2) is 5.23. The number of carbonyl (C=O) groups is 1. The van der Waals surface area contributed by atoms with Gasteiger partial charge in [0, 0.05) is 20.0 Å². The minimum atomic E-state index is 0.0868. The Morgan fingerprint density at radius 3 is 2.40 bits per heavy atom. The standard InChI is InChI=1S/C7H16N2O/c1-4-6-9(7(3)10)8-5-2/h8H,4-6H2,1-3H3. The highest BCUT2D eigenvalue weighted by molar-refractivity contribution is 5.72. The van der Waals surface area contributed by atoms with Crippen LogP contribution in [0.25, 0.3) is 0 Å². The summed E-state index contributed by atoms with van der Waals surface area (Å²) in [5.41, 5.74) is 2.97. The van der Waals surface area contributed by atoms with Crippen LogP contribution >= 0.6 is 0 Å². The number of amides is 1. The van der Waals surface area contributed by atoms with E-state index < -0.39 is 0 Å². The summed E-state index contributed by atoms with van der Waals surface area (Å²) in [6, 6.07) is 0. The van der Waals surface area contributed by atoms with Crippen LogP contribution < -0.4 is 5.43 Å². The van der Waals surface area contributed by atoms with Gasteiger partial charge in [-0.1, -0.05) is 13.8 Å². The maximum Gasteiger partial charge on any atom is 0.233 e. The molecule has 1 N–H and O–H groups in total. The fraction of sp³-hybridized carbons (Fsp3) is 0.857. The fourth-order valence-electron chi connectivity index (χ4n) is 0.762. The molecule has 0 saturated carbocycles. The molecule has 10 heavy (non-hydrogen) atoms. The van der Waals surface area contributed by atoms with Crippen molar-refractivity contribution >= 4 is 5.91 Å². The predicted octanol–water partition coefficient (Wildman–Crippen LogP) is 0.769. The summed E-state index contributed by atoms with van der Waals surface area (Å²) in [7, 11) is 0. The molecule has 60 valence electrons. The molecule has 0 rings (SSSR count). The average Bonchev–Trinajstić information content (AvgIpc) is 1.87. The van der Waals surface area contributed by atoms with E-state index in [2.05, 4.69) is 5.43 Å². The number of rotatable bonds is 4. The van der Waals surface area contributed by atoms with Crippen LogP contribution in [0.15, 0.2) is 0 Å². The molecular formula is C7H16N2O. The Hall–Kier alpha value is -0.570. The van der Waals surface area contributed by atoms with Gasteiger partial charge in [-0.3, -0.25) is 9.80 Å². The van der Waals surface area contributed by atoms with Gasteiger partial charge in [0.15, 0.2) is 0 Å². The monoisotopic (exact) mass is 144 g/mol. The summed E-state index contributed by atoms with van der Waals surface area (Å²) in [6.07, 6.45) is 0.993. The largest absolute Gasteiger partial charge is 0.278 e. The summed E-state index contributed by atoms with van der Waals surface area (Å²) < 4.78 is 0. The van der Waals surface area contributed by atoms with Crippen molar-refractivity contribution < 1.29 is 4.79 Å². The lowest BCUT2D eigenvalue weighted by molar-refractivity contribution is -0.131. The lowest BCUT2D eigenvalue weighted by Crippen LogP contribution is -2.41. The summed E-state index contributed by atoms with van der Waals surface area (Å²) in [5.74, 6) is 0.0868. The average molecular weight is 144 g/mol. The Balaban J connectivity index is 3.61. The number of hydrogen-bond acceptors (Lipinski definition) is 2. The van der Waals surface area contributed by atoms with Crippen LogP contribution in [0.4, 0.5) is 0 Å². The molecule has 0 aromatic heterocycles. The molecule has 0 atom stereocenters. The molecule has 0 radical (unpaired) electrons. The van der Waals surface area contributed by atoms with Crippen LogP contribution in [0.2, 0.25) is 0 Å². The zero-order chi connectivity index (χ0) is 7.98. The van der Waals surface area contributed by atoms with E-state index in [9.17, 15) is 4.79 Å². The van der Waals surface area contributed by atoms with E-state index in [1.807, 2.05) is 13.8 Å². The zero-order valence-corrected chi connectivity index (χ0v) is 6.98. The molecule has 0 aliphatic carbocycles. The molecule has 0 saturated heterocycles. The van der Waals surface area contributed by atoms with Crippen molar-refractivity contribution in [2.24, 2.45) is 0 Å². The number of hydrazine groups is 1. The second-order valence-electron chi connectivity index (χ2n) is 2.18. The summed E-state index contributed by atoms with van der Waals surface area (Å²) in [5, 5.41) is 1.64. The van der Waals surface area contributed by atoms with Gasteiger partial charge in [0.1, 0.15) is 0 Å². The van der Waals surface area contributed by atoms with E-state index in [0.29, 0.717) is 0 Å². The molecule has 3 heteroatoms. The quantitative estimate of drug-likeness (QED) is 0.591. The molecule has 0 aliphatic rings. The molecule has 0 unspecified atom stereocenters. The molecule has 0 fully saturated rings. The van der Waals surface area contributed by atoms with Crippen molar-refractivity contribution in [2.45, 2.75) is 27.2 Å². The highest BCUT2D eigenvalue weighted by Gasteiger charge is 2.03. The normalized spacial score (nSPS) is 9.50. The van der Waals surface area contributed by atoms with Gasteiger partial charge in [-0.25, -0.2) is 5.43 Å². The molecule has 1 amide bonds. The first-order valence-corrected chi connectivity index (χ1v) is 3.74. The lowest BCUT2D eigenvalue weighted by atomic mass is 10.4. The van der Waals surface area contributed by atoms with E-state index in [1.54, 1.807) is 11.9 Å². The van der Waals surface area contributed by atoms with E-state index in [0.717, 1.165) is 19.5 Å². The smallest absolute Gasteiger partial charge is 0.233 e. The van der Waals surface area contributed by atoms with Gasteiger partial charge < -0.3 is 0 Å². The fourth-order valence-corrected chi connectivity index (χ4v) is 0.762. The van der Waals surface area contributed by atoms with E-state index in [1.165, 1.54) is 0 Å². The molecule has 3 nitrogen and oxygen atoms in total. The van der Waals surface area contributed by atoms with E-state index >= 15 is 0 Å². The van der Waals surface area contributed by atoms with Gasteiger partial charge in [0.05, 0.1) is 0 Å². The number of nitrogens with zero attached hydrogens (tertiary/aromatic N) is 1. The molecule has 0 heterocycles. The highest BCUT2D eigenvalue weighted by Crippen LogP contribution is 1.86. The number of carbonyl (C=O) groups excluding carboxylic acids is 1. The first-order valence-electron chi connectivity index (χ1n) is 3.74. The van der Waals surface area contributed by atoms with Gasteiger partial charge >= 0.3 is 0 Å². The van der Waals surface area contributed by atoms with E-state index in [-0.39, 0.29) is 5.91 Å². The van der Waals surface area contributed by atoms with Crippen molar-refractivity contribution in [3.8, 4) is 0 Å². The van der Waals surface area contributed by atoms with Crippen molar-refractivity contribution in [3.05, 3.63) is 0 Å². The van der Waals surface area contributed by atoms with Crippen molar-refractivity contribution in [2.75, 3.05) is 13.1 Å². The molecule has 0 aromatic carbocycles. The molecule has 0 bridgehead atoms. The van der Waals surface area contributed by atoms with Crippen LogP contribution in [0, 0.1) is 0 Å². The zero-order valence-electron chi connectivity index (χ0n) is 6.98. The Bertz CT molecular complexity index is 97.8. The van der Waals surface area contributed by atoms with Gasteiger partial charge in [-0.2, -0.15) is 0 Å². The SMILES string of the molecule is CCCN(NCC)C(C)=O. The van der Waals surface area contributed by atoms with Crippen molar-refractivity contribution in [1.29, 1.82) is 0 Å². The lowest BCUT2D eigenvalue weighted by Gasteiger charge is -2.19. The Labute approximate surface area is 62.4 Å². The first-order chi connectivity index (χ1) is 4.72. The predicted molar refractivity (Wildman–Crippen MR) is 41.4 cm³/mol. The summed E-state index contributed by atoms with van der Waals surface area (Å²) >= 11 is 0.